The molecule has 0 atom stereocenters. The van der Waals surface area contributed by atoms with E-state index >= 15 is 0 Å². The van der Waals surface area contributed by atoms with Gasteiger partial charge in [-0.25, -0.2) is 0 Å². The maximum Gasteiger partial charge on any atom is 0.119 e. The minimum atomic E-state index is 0.636. The minimum Gasteiger partial charge on any atom is -0.494 e. The van der Waals surface area contributed by atoms with E-state index in [1.54, 1.807) is 0 Å². The summed E-state index contributed by atoms with van der Waals surface area (Å²) in [6, 6.07) is 16.2. The highest BCUT2D eigenvalue weighted by Gasteiger charge is 2.18. The standard InChI is InChI=1S/C19H19N3OS/c1-3-22-18-11-14(21-24)7-10-16(18)17(12-20)19(22)13-5-8-15(9-6-13)23-4-2/h5-11,21,24H,3-4H2,1-2H3. The minimum absolute atomic E-state index is 0.636. The number of aryl methyl sites for hydroxylation is 1. The second kappa shape index (κ2) is 6.90. The Morgan fingerprint density at radius 2 is 1.92 bits per heavy atom. The number of nitrogens with zero attached hydrogens (tertiary/aromatic N) is 2. The van der Waals surface area contributed by atoms with Crippen molar-refractivity contribution in [2.24, 2.45) is 0 Å². The van der Waals surface area contributed by atoms with Gasteiger partial charge in [-0.05, 0) is 61.9 Å². The molecule has 0 amide bonds. The van der Waals surface area contributed by atoms with E-state index in [0.29, 0.717) is 12.2 Å². The van der Waals surface area contributed by atoms with Gasteiger partial charge in [-0.1, -0.05) is 12.8 Å². The molecule has 1 N–H and O–H groups in total. The number of aromatic nitrogens is 1. The summed E-state index contributed by atoms with van der Waals surface area (Å²) in [5, 5.41) is 10.7. The second-order valence-electron chi connectivity index (χ2n) is 5.38. The Kier molecular flexibility index (Phi) is 4.68. The van der Waals surface area contributed by atoms with Gasteiger partial charge in [0.2, 0.25) is 0 Å². The summed E-state index contributed by atoms with van der Waals surface area (Å²) >= 11 is 4.12. The molecule has 0 aliphatic heterocycles. The molecule has 2 aromatic carbocycles. The molecule has 5 heteroatoms. The highest BCUT2D eigenvalue weighted by atomic mass is 32.1. The first-order chi connectivity index (χ1) is 11.7. The zero-order valence-corrected chi connectivity index (χ0v) is 14.6. The molecule has 0 saturated carbocycles. The van der Waals surface area contributed by atoms with E-state index < -0.39 is 0 Å². The number of hydrogen-bond donors (Lipinski definition) is 2. The molecule has 3 aromatic rings. The van der Waals surface area contributed by atoms with Crippen LogP contribution in [0.25, 0.3) is 22.2 Å². The van der Waals surface area contributed by atoms with Crippen molar-refractivity contribution < 1.29 is 4.74 Å². The normalized spacial score (nSPS) is 10.6. The average Bonchev–Trinajstić information content (AvgIpc) is 2.95. The number of rotatable bonds is 5. The molecule has 1 aromatic heterocycles. The molecule has 0 fully saturated rings. The van der Waals surface area contributed by atoms with Crippen molar-refractivity contribution in [2.45, 2.75) is 20.4 Å². The fraction of sp³-hybridized carbons (Fsp3) is 0.211. The van der Waals surface area contributed by atoms with Gasteiger partial charge < -0.3 is 14.0 Å². The van der Waals surface area contributed by atoms with E-state index in [2.05, 4.69) is 35.1 Å². The van der Waals surface area contributed by atoms with Crippen molar-refractivity contribution in [3.05, 3.63) is 48.0 Å². The van der Waals surface area contributed by atoms with E-state index in [4.69, 9.17) is 4.74 Å². The monoisotopic (exact) mass is 337 g/mol. The Balaban J connectivity index is 2.24. The number of anilines is 1. The summed E-state index contributed by atoms with van der Waals surface area (Å²) in [6.07, 6.45) is 0. The van der Waals surface area contributed by atoms with Crippen LogP contribution in [0.2, 0.25) is 0 Å². The van der Waals surface area contributed by atoms with E-state index in [9.17, 15) is 5.26 Å². The van der Waals surface area contributed by atoms with Crippen LogP contribution in [0.15, 0.2) is 42.5 Å². The van der Waals surface area contributed by atoms with E-state index in [-0.39, 0.29) is 0 Å². The van der Waals surface area contributed by atoms with Crippen LogP contribution in [-0.4, -0.2) is 11.2 Å². The molecule has 0 bridgehead atoms. The maximum absolute atomic E-state index is 9.73. The average molecular weight is 337 g/mol. The molecule has 4 nitrogen and oxygen atoms in total. The number of hydrogen-bond acceptors (Lipinski definition) is 4. The van der Waals surface area contributed by atoms with Crippen molar-refractivity contribution in [3.63, 3.8) is 0 Å². The van der Waals surface area contributed by atoms with E-state index in [1.807, 2.05) is 49.4 Å². The fourth-order valence-electron chi connectivity index (χ4n) is 3.04. The van der Waals surface area contributed by atoms with Crippen LogP contribution in [0.5, 0.6) is 5.75 Å². The Bertz CT molecular complexity index is 907. The van der Waals surface area contributed by atoms with Gasteiger partial charge in [0.25, 0.3) is 0 Å². The van der Waals surface area contributed by atoms with Crippen molar-refractivity contribution in [1.29, 1.82) is 5.26 Å². The number of ether oxygens (including phenoxy) is 1. The fourth-order valence-corrected chi connectivity index (χ4v) is 3.18. The van der Waals surface area contributed by atoms with Gasteiger partial charge in [-0.15, -0.1) is 0 Å². The molecule has 3 rings (SSSR count). The van der Waals surface area contributed by atoms with Gasteiger partial charge in [0.1, 0.15) is 11.8 Å². The van der Waals surface area contributed by atoms with Crippen LogP contribution in [0.4, 0.5) is 5.69 Å². The van der Waals surface area contributed by atoms with Gasteiger partial charge in [0.15, 0.2) is 0 Å². The Morgan fingerprint density at radius 1 is 1.17 bits per heavy atom. The SMILES string of the molecule is CCOc1ccc(-c2c(C#N)c3ccc(NS)cc3n2CC)cc1. The number of thiol groups is 1. The lowest BCUT2D eigenvalue weighted by molar-refractivity contribution is 0.340. The van der Waals surface area contributed by atoms with Crippen molar-refractivity contribution in [2.75, 3.05) is 11.3 Å². The van der Waals surface area contributed by atoms with Gasteiger partial charge in [-0.2, -0.15) is 5.26 Å². The van der Waals surface area contributed by atoms with Gasteiger partial charge in [0, 0.05) is 17.6 Å². The van der Waals surface area contributed by atoms with Gasteiger partial charge >= 0.3 is 0 Å². The summed E-state index contributed by atoms with van der Waals surface area (Å²) in [5.41, 5.74) is 4.57. The Labute approximate surface area is 147 Å². The quantitative estimate of drug-likeness (QED) is 0.654. The van der Waals surface area contributed by atoms with Crippen molar-refractivity contribution in [3.8, 4) is 23.1 Å². The lowest BCUT2D eigenvalue weighted by atomic mass is 10.1. The highest BCUT2D eigenvalue weighted by Crippen LogP contribution is 2.35. The predicted molar refractivity (Wildman–Crippen MR) is 102 cm³/mol. The summed E-state index contributed by atoms with van der Waals surface area (Å²) in [4.78, 5) is 0. The molecule has 0 aliphatic rings. The number of nitrogens with one attached hydrogen (secondary N) is 1. The van der Waals surface area contributed by atoms with Gasteiger partial charge in [0.05, 0.1) is 23.4 Å². The largest absolute Gasteiger partial charge is 0.494 e. The smallest absolute Gasteiger partial charge is 0.119 e. The van der Waals surface area contributed by atoms with Crippen LogP contribution in [0.1, 0.15) is 19.4 Å². The molecule has 0 aliphatic carbocycles. The third-order valence-electron chi connectivity index (χ3n) is 4.06. The Morgan fingerprint density at radius 3 is 2.50 bits per heavy atom. The summed E-state index contributed by atoms with van der Waals surface area (Å²) in [6.45, 7) is 5.46. The second-order valence-corrected chi connectivity index (χ2v) is 5.60. The predicted octanol–water partition coefficient (Wildman–Crippen LogP) is 4.86. The van der Waals surface area contributed by atoms with Crippen LogP contribution in [0, 0.1) is 11.3 Å². The topological polar surface area (TPSA) is 50.0 Å². The van der Waals surface area contributed by atoms with Gasteiger partial charge in [-0.3, -0.25) is 0 Å². The third kappa shape index (κ3) is 2.70. The lowest BCUT2D eigenvalue weighted by Gasteiger charge is -2.10. The van der Waals surface area contributed by atoms with Crippen molar-refractivity contribution >= 4 is 29.4 Å². The highest BCUT2D eigenvalue weighted by molar-refractivity contribution is 7.81. The molecule has 24 heavy (non-hydrogen) atoms. The van der Waals surface area contributed by atoms with Crippen LogP contribution < -0.4 is 9.46 Å². The molecular weight excluding hydrogens is 318 g/mol. The molecule has 0 saturated heterocycles. The lowest BCUT2D eigenvalue weighted by Crippen LogP contribution is -1.98. The van der Waals surface area contributed by atoms with Crippen LogP contribution in [-0.2, 0) is 6.54 Å². The Hall–Kier alpha value is -2.58. The zero-order chi connectivity index (χ0) is 17.1. The number of fused-ring (bicyclic) bond motifs is 1. The summed E-state index contributed by atoms with van der Waals surface area (Å²) < 4.78 is 10.5. The molecule has 0 spiro atoms. The first kappa shape index (κ1) is 16.3. The van der Waals surface area contributed by atoms with E-state index in [0.717, 1.165) is 40.1 Å². The third-order valence-corrected chi connectivity index (χ3v) is 4.32. The van der Waals surface area contributed by atoms with Crippen molar-refractivity contribution in [1.82, 2.24) is 4.57 Å². The van der Waals surface area contributed by atoms with E-state index in [1.165, 1.54) is 0 Å². The number of benzene rings is 2. The molecular formula is C19H19N3OS. The molecule has 122 valence electrons. The van der Waals surface area contributed by atoms with Crippen LogP contribution in [0.3, 0.4) is 0 Å². The molecule has 1 heterocycles. The zero-order valence-electron chi connectivity index (χ0n) is 13.7. The molecule has 0 unspecified atom stereocenters. The number of nitriles is 1. The first-order valence-electron chi connectivity index (χ1n) is 7.93. The molecule has 0 radical (unpaired) electrons. The first-order valence-corrected chi connectivity index (χ1v) is 8.37. The maximum atomic E-state index is 9.73. The summed E-state index contributed by atoms with van der Waals surface area (Å²) in [5.74, 6) is 0.834. The summed E-state index contributed by atoms with van der Waals surface area (Å²) in [7, 11) is 0. The van der Waals surface area contributed by atoms with Crippen LogP contribution >= 0.6 is 12.8 Å².